The molecule has 0 amide bonds. The minimum Gasteiger partial charge on any atom is -0.494 e. The highest BCUT2D eigenvalue weighted by atomic mass is 16.5. The molecule has 0 radical (unpaired) electrons. The van der Waals surface area contributed by atoms with Crippen LogP contribution in [0.4, 0.5) is 0 Å². The molecular weight excluding hydrogens is 252 g/mol. The highest BCUT2D eigenvalue weighted by Crippen LogP contribution is 2.24. The van der Waals surface area contributed by atoms with E-state index >= 15 is 0 Å². The van der Waals surface area contributed by atoms with Crippen molar-refractivity contribution >= 4 is 0 Å². The largest absolute Gasteiger partial charge is 0.494 e. The summed E-state index contributed by atoms with van der Waals surface area (Å²) in [7, 11) is 0. The van der Waals surface area contributed by atoms with Crippen molar-refractivity contribution in [2.45, 2.75) is 65.6 Å². The first-order valence-corrected chi connectivity index (χ1v) is 7.58. The lowest BCUT2D eigenvalue weighted by molar-refractivity contribution is 0.00978. The number of hydrogen-bond acceptors (Lipinski definition) is 3. The van der Waals surface area contributed by atoms with E-state index in [1.165, 1.54) is 11.1 Å². The zero-order chi connectivity index (χ0) is 15.1. The van der Waals surface area contributed by atoms with Gasteiger partial charge in [-0.2, -0.15) is 0 Å². The van der Waals surface area contributed by atoms with E-state index in [-0.39, 0.29) is 0 Å². The van der Waals surface area contributed by atoms with Crippen LogP contribution < -0.4 is 4.74 Å². The predicted molar refractivity (Wildman–Crippen MR) is 82.3 cm³/mol. The lowest BCUT2D eigenvalue weighted by Gasteiger charge is -2.18. The quantitative estimate of drug-likeness (QED) is 0.769. The fraction of sp³-hybridized carbons (Fsp3) is 0.647. The molecule has 3 nitrogen and oxygen atoms in total. The minimum absolute atomic E-state index is 0.593. The second-order valence-corrected chi connectivity index (χ2v) is 5.44. The average Bonchev–Trinajstić information content (AvgIpc) is 2.41. The molecule has 0 aliphatic rings. The zero-order valence-corrected chi connectivity index (χ0v) is 13.1. The topological polar surface area (TPSA) is 49.7 Å². The number of ether oxygens (including phenoxy) is 1. The van der Waals surface area contributed by atoms with Gasteiger partial charge in [-0.05, 0) is 62.8 Å². The molecule has 1 rings (SSSR count). The van der Waals surface area contributed by atoms with Crippen molar-refractivity contribution in [2.75, 3.05) is 6.61 Å². The van der Waals surface area contributed by atoms with Crippen LogP contribution in [0, 0.1) is 13.8 Å². The molecule has 3 heteroatoms. The SMILES string of the molecule is CCCC(O)C(O)CCc1cc(C)c(OCC)cc1C. The van der Waals surface area contributed by atoms with Gasteiger partial charge in [-0.1, -0.05) is 19.4 Å². The normalized spacial score (nSPS) is 14.1. The van der Waals surface area contributed by atoms with Crippen LogP contribution in [0.15, 0.2) is 12.1 Å². The fourth-order valence-corrected chi connectivity index (χ4v) is 2.41. The van der Waals surface area contributed by atoms with Gasteiger partial charge in [-0.15, -0.1) is 0 Å². The van der Waals surface area contributed by atoms with Gasteiger partial charge in [0.15, 0.2) is 0 Å². The first-order valence-electron chi connectivity index (χ1n) is 7.58. The summed E-state index contributed by atoms with van der Waals surface area (Å²) in [5.41, 5.74) is 3.51. The number of benzene rings is 1. The fourth-order valence-electron chi connectivity index (χ4n) is 2.41. The summed E-state index contributed by atoms with van der Waals surface area (Å²) in [6, 6.07) is 4.18. The Kier molecular flexibility index (Phi) is 7.03. The molecule has 114 valence electrons. The van der Waals surface area contributed by atoms with Gasteiger partial charge in [0.2, 0.25) is 0 Å². The second-order valence-electron chi connectivity index (χ2n) is 5.44. The Morgan fingerprint density at radius 3 is 2.25 bits per heavy atom. The molecule has 0 bridgehead atoms. The van der Waals surface area contributed by atoms with Crippen LogP contribution >= 0.6 is 0 Å². The molecule has 0 saturated carbocycles. The number of rotatable bonds is 8. The predicted octanol–water partition coefficient (Wildman–Crippen LogP) is 3.16. The monoisotopic (exact) mass is 280 g/mol. The van der Waals surface area contributed by atoms with Gasteiger partial charge in [0.25, 0.3) is 0 Å². The third-order valence-electron chi connectivity index (χ3n) is 3.67. The smallest absolute Gasteiger partial charge is 0.122 e. The Morgan fingerprint density at radius 1 is 1.00 bits per heavy atom. The Bertz CT molecular complexity index is 415. The molecule has 20 heavy (non-hydrogen) atoms. The standard InChI is InChI=1S/C17H28O3/c1-5-7-15(18)16(19)9-8-14-10-13(4)17(20-6-2)11-12(14)3/h10-11,15-16,18-19H,5-9H2,1-4H3. The average molecular weight is 280 g/mol. The van der Waals surface area contributed by atoms with E-state index in [0.29, 0.717) is 19.4 Å². The van der Waals surface area contributed by atoms with E-state index in [1.54, 1.807) is 0 Å². The van der Waals surface area contributed by atoms with Gasteiger partial charge in [0, 0.05) is 0 Å². The Hall–Kier alpha value is -1.06. The van der Waals surface area contributed by atoms with Crippen LogP contribution in [0.25, 0.3) is 0 Å². The molecular formula is C17H28O3. The lowest BCUT2D eigenvalue weighted by Crippen LogP contribution is -2.26. The third-order valence-corrected chi connectivity index (χ3v) is 3.67. The third kappa shape index (κ3) is 4.80. The Morgan fingerprint density at radius 2 is 1.65 bits per heavy atom. The molecule has 0 fully saturated rings. The molecule has 1 aromatic carbocycles. The summed E-state index contributed by atoms with van der Waals surface area (Å²) in [5, 5.41) is 19.7. The van der Waals surface area contributed by atoms with Gasteiger partial charge in [-0.25, -0.2) is 0 Å². The molecule has 0 heterocycles. The van der Waals surface area contributed by atoms with Gasteiger partial charge in [0.1, 0.15) is 5.75 Å². The van der Waals surface area contributed by atoms with Crippen molar-refractivity contribution in [2.24, 2.45) is 0 Å². The zero-order valence-electron chi connectivity index (χ0n) is 13.1. The van der Waals surface area contributed by atoms with E-state index in [9.17, 15) is 10.2 Å². The molecule has 2 atom stereocenters. The molecule has 2 N–H and O–H groups in total. The van der Waals surface area contributed by atoms with Crippen molar-refractivity contribution in [3.8, 4) is 5.75 Å². The Labute approximate surface area is 122 Å². The van der Waals surface area contributed by atoms with E-state index in [1.807, 2.05) is 20.8 Å². The summed E-state index contributed by atoms with van der Waals surface area (Å²) < 4.78 is 5.58. The van der Waals surface area contributed by atoms with E-state index in [0.717, 1.165) is 24.2 Å². The van der Waals surface area contributed by atoms with Crippen LogP contribution in [-0.2, 0) is 6.42 Å². The summed E-state index contributed by atoms with van der Waals surface area (Å²) in [6.07, 6.45) is 1.67. The van der Waals surface area contributed by atoms with Gasteiger partial charge >= 0.3 is 0 Å². The van der Waals surface area contributed by atoms with Crippen molar-refractivity contribution in [3.63, 3.8) is 0 Å². The van der Waals surface area contributed by atoms with Gasteiger partial charge in [0.05, 0.1) is 18.8 Å². The highest BCUT2D eigenvalue weighted by Gasteiger charge is 2.16. The van der Waals surface area contributed by atoms with Crippen LogP contribution in [0.2, 0.25) is 0 Å². The molecule has 2 unspecified atom stereocenters. The maximum absolute atomic E-state index is 9.93. The van der Waals surface area contributed by atoms with Crippen molar-refractivity contribution < 1.29 is 14.9 Å². The minimum atomic E-state index is -0.638. The van der Waals surface area contributed by atoms with Crippen molar-refractivity contribution in [1.82, 2.24) is 0 Å². The second kappa shape index (κ2) is 8.28. The summed E-state index contributed by atoms with van der Waals surface area (Å²) >= 11 is 0. The van der Waals surface area contributed by atoms with E-state index < -0.39 is 12.2 Å². The first-order chi connectivity index (χ1) is 9.49. The van der Waals surface area contributed by atoms with Crippen LogP contribution in [0.3, 0.4) is 0 Å². The number of aryl methyl sites for hydroxylation is 3. The molecule has 0 aliphatic heterocycles. The Balaban J connectivity index is 2.66. The summed E-state index contributed by atoms with van der Waals surface area (Å²) in [5.74, 6) is 0.931. The lowest BCUT2D eigenvalue weighted by atomic mass is 9.96. The van der Waals surface area contributed by atoms with Gasteiger partial charge < -0.3 is 14.9 Å². The molecule has 0 spiro atoms. The van der Waals surface area contributed by atoms with Gasteiger partial charge in [-0.3, -0.25) is 0 Å². The summed E-state index contributed by atoms with van der Waals surface area (Å²) in [4.78, 5) is 0. The number of aliphatic hydroxyl groups excluding tert-OH is 2. The van der Waals surface area contributed by atoms with E-state index in [2.05, 4.69) is 19.1 Å². The summed E-state index contributed by atoms with van der Waals surface area (Å²) in [6.45, 7) is 8.76. The molecule has 1 aromatic rings. The maximum Gasteiger partial charge on any atom is 0.122 e. The van der Waals surface area contributed by atoms with Crippen molar-refractivity contribution in [1.29, 1.82) is 0 Å². The van der Waals surface area contributed by atoms with E-state index in [4.69, 9.17) is 4.74 Å². The highest BCUT2D eigenvalue weighted by molar-refractivity contribution is 5.41. The maximum atomic E-state index is 9.93. The molecule has 0 saturated heterocycles. The van der Waals surface area contributed by atoms with Crippen molar-refractivity contribution in [3.05, 3.63) is 28.8 Å². The molecule has 0 aliphatic carbocycles. The number of hydrogen-bond donors (Lipinski definition) is 2. The number of aliphatic hydroxyl groups is 2. The molecule has 0 aromatic heterocycles. The van der Waals surface area contributed by atoms with Crippen LogP contribution in [-0.4, -0.2) is 29.0 Å². The van der Waals surface area contributed by atoms with Crippen LogP contribution in [0.5, 0.6) is 5.75 Å². The van der Waals surface area contributed by atoms with Crippen LogP contribution in [0.1, 0.15) is 49.8 Å². The first kappa shape index (κ1) is 17.0.